The average Bonchev–Trinajstić information content (AvgIpc) is 3.07. The maximum absolute atomic E-state index is 12.3. The van der Waals surface area contributed by atoms with Crippen LogP contribution in [0.2, 0.25) is 0 Å². The van der Waals surface area contributed by atoms with Crippen molar-refractivity contribution in [2.75, 3.05) is 12.4 Å². The van der Waals surface area contributed by atoms with E-state index in [0.717, 1.165) is 12.1 Å². The number of rotatable bonds is 7. The standard InChI is InChI=1S/C22H25N3O3S/c1-4-14(2)15-5-7-17(8-6-15)24-22-25-21(27)19(29-22)13-20(26)23-16-9-11-18(28-3)12-10-16/h5-12,14,19H,4,13H2,1-3H3,(H,23,26)(H,24,25,27)/t14-,19+/m0/s1. The molecule has 1 fully saturated rings. The molecule has 6 nitrogen and oxygen atoms in total. The number of carbonyl (C=O) groups excluding carboxylic acids is 2. The fourth-order valence-corrected chi connectivity index (χ4v) is 3.87. The molecule has 2 amide bonds. The van der Waals surface area contributed by atoms with E-state index < -0.39 is 5.25 Å². The molecular weight excluding hydrogens is 386 g/mol. The monoisotopic (exact) mass is 411 g/mol. The predicted octanol–water partition coefficient (Wildman–Crippen LogP) is 4.46. The summed E-state index contributed by atoms with van der Waals surface area (Å²) >= 11 is 1.28. The molecule has 152 valence electrons. The largest absolute Gasteiger partial charge is 0.497 e. The summed E-state index contributed by atoms with van der Waals surface area (Å²) in [5, 5.41) is 5.59. The van der Waals surface area contributed by atoms with E-state index in [4.69, 9.17) is 4.74 Å². The molecule has 1 aliphatic rings. The first-order valence-corrected chi connectivity index (χ1v) is 10.5. The summed E-state index contributed by atoms with van der Waals surface area (Å²) in [6, 6.07) is 15.1. The summed E-state index contributed by atoms with van der Waals surface area (Å²) in [5.41, 5.74) is 2.71. The first-order chi connectivity index (χ1) is 14.0. The van der Waals surface area contributed by atoms with Gasteiger partial charge in [0, 0.05) is 12.1 Å². The summed E-state index contributed by atoms with van der Waals surface area (Å²) < 4.78 is 5.10. The number of aliphatic imine (C=N–C) groups is 1. The Labute approximate surface area is 175 Å². The predicted molar refractivity (Wildman–Crippen MR) is 118 cm³/mol. The Morgan fingerprint density at radius 1 is 1.21 bits per heavy atom. The zero-order chi connectivity index (χ0) is 20.8. The number of nitrogens with zero attached hydrogens (tertiary/aromatic N) is 1. The number of thioether (sulfide) groups is 1. The van der Waals surface area contributed by atoms with Crippen molar-refractivity contribution < 1.29 is 14.3 Å². The summed E-state index contributed by atoms with van der Waals surface area (Å²) in [6.45, 7) is 4.35. The van der Waals surface area contributed by atoms with Crippen LogP contribution in [0.5, 0.6) is 5.75 Å². The van der Waals surface area contributed by atoms with Gasteiger partial charge >= 0.3 is 0 Å². The van der Waals surface area contributed by atoms with Crippen LogP contribution in [-0.2, 0) is 9.59 Å². The van der Waals surface area contributed by atoms with Crippen molar-refractivity contribution >= 4 is 40.1 Å². The number of anilines is 1. The number of amides is 2. The molecule has 1 saturated heterocycles. The van der Waals surface area contributed by atoms with Gasteiger partial charge in [-0.1, -0.05) is 37.7 Å². The molecule has 1 aliphatic heterocycles. The van der Waals surface area contributed by atoms with Crippen LogP contribution in [-0.4, -0.2) is 29.3 Å². The van der Waals surface area contributed by atoms with Gasteiger partial charge in [-0.3, -0.25) is 9.59 Å². The van der Waals surface area contributed by atoms with Crippen LogP contribution in [0.4, 0.5) is 11.4 Å². The third-order valence-corrected chi connectivity index (χ3v) is 5.91. The highest BCUT2D eigenvalue weighted by molar-refractivity contribution is 8.15. The number of ether oxygens (including phenoxy) is 1. The minimum absolute atomic E-state index is 0.0779. The maximum Gasteiger partial charge on any atom is 0.240 e. The second-order valence-electron chi connectivity index (χ2n) is 6.89. The zero-order valence-electron chi connectivity index (χ0n) is 16.8. The number of hydrogen-bond donors (Lipinski definition) is 2. The molecular formula is C22H25N3O3S. The Morgan fingerprint density at radius 3 is 2.52 bits per heavy atom. The average molecular weight is 412 g/mol. The molecule has 2 atom stereocenters. The Hall–Kier alpha value is -2.80. The summed E-state index contributed by atoms with van der Waals surface area (Å²) in [5.74, 6) is 0.800. The van der Waals surface area contributed by atoms with Crippen molar-refractivity contribution in [1.29, 1.82) is 0 Å². The number of hydrogen-bond acceptors (Lipinski definition) is 5. The zero-order valence-corrected chi connectivity index (χ0v) is 17.6. The SMILES string of the molecule is CC[C@H](C)c1ccc(N=C2NC(=O)[C@@H](CC(=O)Nc3ccc(OC)cc3)S2)cc1. The quantitative estimate of drug-likeness (QED) is 0.705. The molecule has 0 radical (unpaired) electrons. The molecule has 7 heteroatoms. The molecule has 29 heavy (non-hydrogen) atoms. The van der Waals surface area contributed by atoms with Crippen LogP contribution >= 0.6 is 11.8 Å². The number of nitrogens with one attached hydrogen (secondary N) is 2. The van der Waals surface area contributed by atoms with Gasteiger partial charge in [-0.15, -0.1) is 0 Å². The maximum atomic E-state index is 12.3. The van der Waals surface area contributed by atoms with E-state index in [-0.39, 0.29) is 18.2 Å². The molecule has 0 spiro atoms. The Bertz CT molecular complexity index is 895. The van der Waals surface area contributed by atoms with E-state index in [9.17, 15) is 9.59 Å². The first kappa shape index (κ1) is 20.9. The molecule has 2 aromatic rings. The number of amidine groups is 1. The highest BCUT2D eigenvalue weighted by Crippen LogP contribution is 2.27. The van der Waals surface area contributed by atoms with Crippen LogP contribution < -0.4 is 15.4 Å². The molecule has 0 bridgehead atoms. The van der Waals surface area contributed by atoms with Crippen LogP contribution in [0.1, 0.15) is 38.2 Å². The van der Waals surface area contributed by atoms with Crippen LogP contribution in [0.3, 0.4) is 0 Å². The molecule has 2 N–H and O–H groups in total. The third-order valence-electron chi connectivity index (χ3n) is 4.83. The van der Waals surface area contributed by atoms with Crippen molar-refractivity contribution in [3.63, 3.8) is 0 Å². The Balaban J connectivity index is 1.57. The Kier molecular flexibility index (Phi) is 6.93. The topological polar surface area (TPSA) is 79.8 Å². The number of methoxy groups -OCH3 is 1. The van der Waals surface area contributed by atoms with Crippen molar-refractivity contribution in [3.05, 3.63) is 54.1 Å². The van der Waals surface area contributed by atoms with Crippen molar-refractivity contribution in [2.24, 2.45) is 4.99 Å². The first-order valence-electron chi connectivity index (χ1n) is 9.58. The normalized spacial score (nSPS) is 18.4. The van der Waals surface area contributed by atoms with E-state index in [2.05, 4.69) is 41.6 Å². The second kappa shape index (κ2) is 9.60. The smallest absolute Gasteiger partial charge is 0.240 e. The molecule has 0 unspecified atom stereocenters. The van der Waals surface area contributed by atoms with Gasteiger partial charge in [0.1, 0.15) is 11.0 Å². The molecule has 2 aromatic carbocycles. The fourth-order valence-electron chi connectivity index (χ4n) is 2.88. The summed E-state index contributed by atoms with van der Waals surface area (Å²) in [4.78, 5) is 29.0. The molecule has 0 aliphatic carbocycles. The number of benzene rings is 2. The van der Waals surface area contributed by atoms with Crippen molar-refractivity contribution in [3.8, 4) is 5.75 Å². The van der Waals surface area contributed by atoms with Crippen LogP contribution in [0, 0.1) is 0 Å². The summed E-state index contributed by atoms with van der Waals surface area (Å²) in [7, 11) is 1.59. The lowest BCUT2D eigenvalue weighted by molar-refractivity contribution is -0.122. The van der Waals surface area contributed by atoms with E-state index in [1.807, 2.05) is 12.1 Å². The van der Waals surface area contributed by atoms with Crippen LogP contribution in [0.25, 0.3) is 0 Å². The van der Waals surface area contributed by atoms with E-state index >= 15 is 0 Å². The van der Waals surface area contributed by atoms with Gasteiger partial charge in [-0.05, 0) is 54.3 Å². The number of carbonyl (C=O) groups is 2. The second-order valence-corrected chi connectivity index (χ2v) is 8.09. The van der Waals surface area contributed by atoms with Crippen LogP contribution in [0.15, 0.2) is 53.5 Å². The van der Waals surface area contributed by atoms with Gasteiger partial charge < -0.3 is 15.4 Å². The lowest BCUT2D eigenvalue weighted by Gasteiger charge is -2.08. The fraction of sp³-hybridized carbons (Fsp3) is 0.318. The van der Waals surface area contributed by atoms with Gasteiger partial charge in [0.15, 0.2) is 5.17 Å². The minimum Gasteiger partial charge on any atom is -0.497 e. The van der Waals surface area contributed by atoms with Gasteiger partial charge in [0.2, 0.25) is 11.8 Å². The molecule has 3 rings (SSSR count). The van der Waals surface area contributed by atoms with Gasteiger partial charge in [0.05, 0.1) is 12.8 Å². The lowest BCUT2D eigenvalue weighted by atomic mass is 9.99. The third kappa shape index (κ3) is 5.60. The van der Waals surface area contributed by atoms with Gasteiger partial charge in [0.25, 0.3) is 0 Å². The molecule has 1 heterocycles. The van der Waals surface area contributed by atoms with Gasteiger partial charge in [-0.2, -0.15) is 0 Å². The van der Waals surface area contributed by atoms with Crippen molar-refractivity contribution in [1.82, 2.24) is 5.32 Å². The van der Waals surface area contributed by atoms with E-state index in [1.54, 1.807) is 31.4 Å². The van der Waals surface area contributed by atoms with Gasteiger partial charge in [-0.25, -0.2) is 4.99 Å². The Morgan fingerprint density at radius 2 is 1.90 bits per heavy atom. The molecule has 0 aromatic heterocycles. The van der Waals surface area contributed by atoms with E-state index in [0.29, 0.717) is 22.5 Å². The molecule has 0 saturated carbocycles. The summed E-state index contributed by atoms with van der Waals surface area (Å²) in [6.07, 6.45) is 1.16. The highest BCUT2D eigenvalue weighted by Gasteiger charge is 2.32. The van der Waals surface area contributed by atoms with Crippen molar-refractivity contribution in [2.45, 2.75) is 37.9 Å². The lowest BCUT2D eigenvalue weighted by Crippen LogP contribution is -2.28. The van der Waals surface area contributed by atoms with E-state index in [1.165, 1.54) is 17.3 Å². The highest BCUT2D eigenvalue weighted by atomic mass is 32.2. The minimum atomic E-state index is -0.494.